The van der Waals surface area contributed by atoms with Crippen molar-refractivity contribution in [3.05, 3.63) is 70.2 Å². The monoisotopic (exact) mass is 306 g/mol. The Morgan fingerprint density at radius 3 is 2.87 bits per heavy atom. The first kappa shape index (κ1) is 14.3. The summed E-state index contributed by atoms with van der Waals surface area (Å²) in [6.07, 6.45) is 4.67. The Balaban J connectivity index is 1.85. The zero-order valence-corrected chi connectivity index (χ0v) is 11.8. The van der Waals surface area contributed by atoms with Crippen LogP contribution in [0.15, 0.2) is 53.0 Å². The van der Waals surface area contributed by atoms with Gasteiger partial charge in [-0.05, 0) is 30.4 Å². The fourth-order valence-corrected chi connectivity index (χ4v) is 2.02. The van der Waals surface area contributed by atoms with Crippen LogP contribution in [-0.2, 0) is 0 Å². The van der Waals surface area contributed by atoms with Crippen LogP contribution in [0.2, 0.25) is 0 Å². The van der Waals surface area contributed by atoms with Crippen LogP contribution in [-0.4, -0.2) is 14.9 Å². The van der Waals surface area contributed by atoms with Crippen LogP contribution in [0, 0.1) is 21.4 Å². The molecule has 3 rings (SSSR count). The molecule has 0 radical (unpaired) electrons. The van der Waals surface area contributed by atoms with Gasteiger partial charge < -0.3 is 9.40 Å². The fourth-order valence-electron chi connectivity index (χ4n) is 2.02. The molecule has 0 bridgehead atoms. The van der Waals surface area contributed by atoms with Crippen LogP contribution < -0.4 is 0 Å². The first-order valence-electron chi connectivity index (χ1n) is 6.65. The second-order valence-electron chi connectivity index (χ2n) is 4.59. The number of hydrogen-bond acceptors (Lipinski definition) is 5. The fraction of sp³-hybridized carbons (Fsp3) is 0. The Morgan fingerprint density at radius 2 is 2.17 bits per heavy atom. The van der Waals surface area contributed by atoms with E-state index in [9.17, 15) is 15.4 Å². The molecule has 0 aliphatic carbocycles. The highest BCUT2D eigenvalue weighted by Crippen LogP contribution is 2.18. The van der Waals surface area contributed by atoms with E-state index in [1.54, 1.807) is 12.2 Å². The van der Waals surface area contributed by atoms with Crippen molar-refractivity contribution in [1.29, 1.82) is 5.26 Å². The van der Waals surface area contributed by atoms with Gasteiger partial charge in [0.15, 0.2) is 0 Å². The lowest BCUT2D eigenvalue weighted by atomic mass is 10.2. The number of nitriles is 1. The van der Waals surface area contributed by atoms with Crippen molar-refractivity contribution in [3.63, 3.8) is 0 Å². The maximum atomic E-state index is 10.5. The number of nitrogens with zero attached hydrogens (tertiary/aromatic N) is 3. The van der Waals surface area contributed by atoms with Gasteiger partial charge in [0.1, 0.15) is 22.6 Å². The van der Waals surface area contributed by atoms with E-state index < -0.39 is 4.92 Å². The Hall–Kier alpha value is -3.66. The number of para-hydroxylation sites is 2. The largest absolute Gasteiger partial charge is 0.433 e. The summed E-state index contributed by atoms with van der Waals surface area (Å²) in [5.41, 5.74) is 1.96. The number of H-pyrrole nitrogens is 1. The lowest BCUT2D eigenvalue weighted by molar-refractivity contribution is -0.402. The molecule has 112 valence electrons. The summed E-state index contributed by atoms with van der Waals surface area (Å²) < 4.78 is 4.99. The highest BCUT2D eigenvalue weighted by Gasteiger charge is 2.10. The quantitative estimate of drug-likeness (QED) is 0.342. The second kappa shape index (κ2) is 5.99. The SMILES string of the molecule is N#C/C(=C/C=C/c1ccc([N+](=O)[O-])o1)c1nc2ccccc2[nH]1. The summed E-state index contributed by atoms with van der Waals surface area (Å²) in [6, 6.07) is 12.3. The topological polar surface area (TPSA) is 109 Å². The Bertz CT molecular complexity index is 940. The van der Waals surface area contributed by atoms with E-state index >= 15 is 0 Å². The third-order valence-electron chi connectivity index (χ3n) is 3.08. The number of imidazole rings is 1. The van der Waals surface area contributed by atoms with Crippen molar-refractivity contribution < 1.29 is 9.34 Å². The summed E-state index contributed by atoms with van der Waals surface area (Å²) in [7, 11) is 0. The maximum Gasteiger partial charge on any atom is 0.433 e. The molecule has 0 unspecified atom stereocenters. The molecule has 0 amide bonds. The summed E-state index contributed by atoms with van der Waals surface area (Å²) in [4.78, 5) is 17.3. The van der Waals surface area contributed by atoms with Gasteiger partial charge in [-0.2, -0.15) is 5.26 Å². The molecule has 1 aromatic carbocycles. The van der Waals surface area contributed by atoms with Crippen LogP contribution >= 0.6 is 0 Å². The van der Waals surface area contributed by atoms with Crippen molar-refractivity contribution in [2.45, 2.75) is 0 Å². The molecule has 0 spiro atoms. The zero-order chi connectivity index (χ0) is 16.2. The third-order valence-corrected chi connectivity index (χ3v) is 3.08. The lowest BCUT2D eigenvalue weighted by Crippen LogP contribution is -1.83. The normalized spacial score (nSPS) is 11.9. The molecule has 0 fully saturated rings. The minimum atomic E-state index is -0.609. The molecule has 0 aliphatic rings. The van der Waals surface area contributed by atoms with E-state index in [-0.39, 0.29) is 5.88 Å². The van der Waals surface area contributed by atoms with Crippen LogP contribution in [0.3, 0.4) is 0 Å². The van der Waals surface area contributed by atoms with E-state index in [1.165, 1.54) is 18.2 Å². The summed E-state index contributed by atoms with van der Waals surface area (Å²) in [5, 5.41) is 19.8. The van der Waals surface area contributed by atoms with Gasteiger partial charge >= 0.3 is 5.88 Å². The van der Waals surface area contributed by atoms with Gasteiger partial charge in [0.05, 0.1) is 22.7 Å². The molecular formula is C16H10N4O3. The van der Waals surface area contributed by atoms with Crippen LogP contribution in [0.25, 0.3) is 22.7 Å². The van der Waals surface area contributed by atoms with E-state index in [2.05, 4.69) is 16.0 Å². The van der Waals surface area contributed by atoms with Gasteiger partial charge in [-0.15, -0.1) is 0 Å². The number of aromatic nitrogens is 2. The van der Waals surface area contributed by atoms with E-state index in [0.717, 1.165) is 11.0 Å². The Labute approximate surface area is 130 Å². The molecule has 0 atom stereocenters. The molecule has 2 aromatic heterocycles. The van der Waals surface area contributed by atoms with Crippen molar-refractivity contribution in [1.82, 2.24) is 9.97 Å². The van der Waals surface area contributed by atoms with Gasteiger partial charge in [-0.3, -0.25) is 10.1 Å². The van der Waals surface area contributed by atoms with Crippen molar-refractivity contribution >= 4 is 28.6 Å². The van der Waals surface area contributed by atoms with Crippen LogP contribution in [0.1, 0.15) is 11.6 Å². The van der Waals surface area contributed by atoms with Gasteiger partial charge in [0, 0.05) is 0 Å². The number of nitro groups is 1. The lowest BCUT2D eigenvalue weighted by Gasteiger charge is -1.89. The van der Waals surface area contributed by atoms with Crippen LogP contribution in [0.5, 0.6) is 0 Å². The highest BCUT2D eigenvalue weighted by atomic mass is 16.6. The number of rotatable bonds is 4. The standard InChI is InChI=1S/C16H10N4O3/c17-10-11(16-18-13-6-1-2-7-14(13)19-16)4-3-5-12-8-9-15(23-12)20(21)22/h1-9H,(H,18,19)/b5-3+,11-4-. The summed E-state index contributed by atoms with van der Waals surface area (Å²) in [5.74, 6) is 0.463. The smallest absolute Gasteiger partial charge is 0.401 e. The highest BCUT2D eigenvalue weighted by molar-refractivity contribution is 5.82. The molecular weight excluding hydrogens is 296 g/mol. The molecule has 0 saturated carbocycles. The Kier molecular flexibility index (Phi) is 3.72. The van der Waals surface area contributed by atoms with Gasteiger partial charge in [0.2, 0.25) is 0 Å². The number of benzene rings is 1. The van der Waals surface area contributed by atoms with Crippen molar-refractivity contribution in [3.8, 4) is 6.07 Å². The minimum absolute atomic E-state index is 0.327. The molecule has 7 heteroatoms. The average molecular weight is 306 g/mol. The molecule has 23 heavy (non-hydrogen) atoms. The summed E-state index contributed by atoms with van der Waals surface area (Å²) in [6.45, 7) is 0. The van der Waals surface area contributed by atoms with Crippen molar-refractivity contribution in [2.75, 3.05) is 0 Å². The molecule has 3 aromatic rings. The van der Waals surface area contributed by atoms with Crippen LogP contribution in [0.4, 0.5) is 5.88 Å². The average Bonchev–Trinajstić information content (AvgIpc) is 3.18. The van der Waals surface area contributed by atoms with E-state index in [0.29, 0.717) is 17.2 Å². The first-order valence-corrected chi connectivity index (χ1v) is 6.65. The minimum Gasteiger partial charge on any atom is -0.401 e. The molecule has 7 nitrogen and oxygen atoms in total. The zero-order valence-electron chi connectivity index (χ0n) is 11.8. The number of hydrogen-bond donors (Lipinski definition) is 1. The molecule has 0 saturated heterocycles. The first-order chi connectivity index (χ1) is 11.2. The van der Waals surface area contributed by atoms with Gasteiger partial charge in [-0.25, -0.2) is 4.98 Å². The predicted molar refractivity (Wildman–Crippen MR) is 84.1 cm³/mol. The number of allylic oxidation sites excluding steroid dienone is 3. The number of nitrogens with one attached hydrogen (secondary N) is 1. The van der Waals surface area contributed by atoms with Gasteiger partial charge in [-0.1, -0.05) is 18.2 Å². The molecule has 0 aliphatic heterocycles. The Morgan fingerprint density at radius 1 is 1.35 bits per heavy atom. The number of aromatic amines is 1. The van der Waals surface area contributed by atoms with E-state index in [4.69, 9.17) is 4.42 Å². The molecule has 1 N–H and O–H groups in total. The summed E-state index contributed by atoms with van der Waals surface area (Å²) >= 11 is 0. The number of furan rings is 1. The third kappa shape index (κ3) is 3.01. The molecule has 2 heterocycles. The second-order valence-corrected chi connectivity index (χ2v) is 4.59. The number of fused-ring (bicyclic) bond motifs is 1. The predicted octanol–water partition coefficient (Wildman–Crippen LogP) is 3.68. The maximum absolute atomic E-state index is 10.5. The van der Waals surface area contributed by atoms with E-state index in [1.807, 2.05) is 24.3 Å². The van der Waals surface area contributed by atoms with Crippen molar-refractivity contribution in [2.24, 2.45) is 0 Å². The van der Waals surface area contributed by atoms with Gasteiger partial charge in [0.25, 0.3) is 0 Å².